The van der Waals surface area contributed by atoms with Crippen LogP contribution in [0.4, 0.5) is 0 Å². The van der Waals surface area contributed by atoms with Crippen molar-refractivity contribution in [2.45, 2.75) is 72.1 Å². The van der Waals surface area contributed by atoms with Gasteiger partial charge in [0.1, 0.15) is 0 Å². The summed E-state index contributed by atoms with van der Waals surface area (Å²) in [6.07, 6.45) is 2.04. The van der Waals surface area contributed by atoms with Crippen LogP contribution in [0.2, 0.25) is 0 Å². The number of allylic oxidation sites excluding steroid dienone is 3. The summed E-state index contributed by atoms with van der Waals surface area (Å²) in [5.74, 6) is -4.08. The topological polar surface area (TPSA) is 169 Å². The van der Waals surface area contributed by atoms with E-state index < -0.39 is 30.2 Å². The van der Waals surface area contributed by atoms with Gasteiger partial charge in [0.15, 0.2) is 0 Å². The van der Waals surface area contributed by atoms with E-state index in [1.54, 1.807) is 13.0 Å². The molecule has 2 aliphatic heterocycles. The van der Waals surface area contributed by atoms with Gasteiger partial charge in [0, 0.05) is 51.6 Å². The first-order valence-electron chi connectivity index (χ1n) is 14.6. The average molecular weight is 597 g/mol. The van der Waals surface area contributed by atoms with Gasteiger partial charge in [0.05, 0.1) is 34.6 Å². The molecule has 0 aromatic carbocycles. The number of nitrogens with zero attached hydrogens (tertiary/aromatic N) is 2. The molecule has 0 saturated heterocycles. The van der Waals surface area contributed by atoms with Crippen LogP contribution in [0.1, 0.15) is 101 Å². The second-order valence-corrected chi connectivity index (χ2v) is 11.5. The summed E-state index contributed by atoms with van der Waals surface area (Å²) in [7, 11) is 0. The summed E-state index contributed by atoms with van der Waals surface area (Å²) in [6, 6.07) is 5.70. The molecule has 0 spiro atoms. The van der Waals surface area contributed by atoms with Gasteiger partial charge in [-0.2, -0.15) is 0 Å². The minimum Gasteiger partial charge on any atom is -0.481 e. The number of hydrogen-bond donors (Lipinski definition) is 5. The third-order valence-electron chi connectivity index (χ3n) is 8.95. The molecular weight excluding hydrogens is 560 g/mol. The predicted molar refractivity (Wildman–Crippen MR) is 169 cm³/mol. The highest BCUT2D eigenvalue weighted by Crippen LogP contribution is 2.43. The maximum Gasteiger partial charge on any atom is 0.338 e. The molecule has 5 rings (SSSR count). The minimum atomic E-state index is -1.20. The number of carboxylic acid groups (broad SMARTS) is 3. The van der Waals surface area contributed by atoms with Crippen molar-refractivity contribution in [3.63, 3.8) is 0 Å². The standard InChI is InChI=1S/C34H36N4O6/c1-7-19-15(3)23-12-25-17(5)21(9-10-29(39)40)32(37-25)22(11-30(41)42)33-31(34(43)44)18(6)26(38-33)14-28-20(8-2)16(4)24(36-28)13-27(19)35-23/h7,12-14,17,21,36,38H,1,8-11H2,2-6H3,(H,39,40)(H,41,42)(H,43,44)/t17-,21?/m0/s1. The van der Waals surface area contributed by atoms with E-state index in [2.05, 4.69) is 16.5 Å². The summed E-state index contributed by atoms with van der Waals surface area (Å²) in [6.45, 7) is 13.7. The third kappa shape index (κ3) is 5.21. The van der Waals surface area contributed by atoms with Crippen LogP contribution in [0.15, 0.2) is 30.9 Å². The van der Waals surface area contributed by atoms with Gasteiger partial charge in [0.2, 0.25) is 0 Å². The Labute approximate surface area is 254 Å². The Bertz CT molecular complexity index is 1940. The van der Waals surface area contributed by atoms with E-state index in [-0.39, 0.29) is 35.4 Å². The molecule has 0 amide bonds. The Morgan fingerprint density at radius 3 is 2.23 bits per heavy atom. The summed E-state index contributed by atoms with van der Waals surface area (Å²) in [5, 5.41) is 29.9. The second-order valence-electron chi connectivity index (χ2n) is 11.5. The van der Waals surface area contributed by atoms with Crippen LogP contribution in [0.3, 0.4) is 0 Å². The minimum absolute atomic E-state index is 0.0388. The normalized spacial score (nSPS) is 16.3. The Morgan fingerprint density at radius 1 is 0.909 bits per heavy atom. The van der Waals surface area contributed by atoms with E-state index in [1.807, 2.05) is 45.9 Å². The van der Waals surface area contributed by atoms with Gasteiger partial charge >= 0.3 is 17.9 Å². The molecule has 0 saturated carbocycles. The summed E-state index contributed by atoms with van der Waals surface area (Å²) >= 11 is 0. The fourth-order valence-electron chi connectivity index (χ4n) is 6.53. The van der Waals surface area contributed by atoms with Gasteiger partial charge in [-0.05, 0) is 74.1 Å². The quantitative estimate of drug-likeness (QED) is 0.192. The maximum absolute atomic E-state index is 12.7. The van der Waals surface area contributed by atoms with Crippen molar-refractivity contribution in [2.75, 3.05) is 0 Å². The van der Waals surface area contributed by atoms with Crippen LogP contribution in [0.5, 0.6) is 0 Å². The van der Waals surface area contributed by atoms with E-state index in [0.717, 1.165) is 45.4 Å². The molecule has 44 heavy (non-hydrogen) atoms. The highest BCUT2D eigenvalue weighted by atomic mass is 16.4. The van der Waals surface area contributed by atoms with Crippen LogP contribution in [0.25, 0.3) is 33.2 Å². The van der Waals surface area contributed by atoms with Gasteiger partial charge in [-0.15, -0.1) is 0 Å². The first-order chi connectivity index (χ1) is 20.9. The zero-order chi connectivity index (χ0) is 32.0. The molecule has 3 aromatic rings. The summed E-state index contributed by atoms with van der Waals surface area (Å²) < 4.78 is 0. The number of aromatic carboxylic acids is 1. The number of aromatic amines is 2. The van der Waals surface area contributed by atoms with Crippen molar-refractivity contribution < 1.29 is 29.7 Å². The fraction of sp³-hybridized carbons (Fsp3) is 0.324. The van der Waals surface area contributed by atoms with E-state index in [0.29, 0.717) is 28.2 Å². The summed E-state index contributed by atoms with van der Waals surface area (Å²) in [4.78, 5) is 53.2. The molecule has 0 radical (unpaired) electrons. The van der Waals surface area contributed by atoms with E-state index in [1.165, 1.54) is 0 Å². The first kappa shape index (κ1) is 30.5. The predicted octanol–water partition coefficient (Wildman–Crippen LogP) is 6.69. The SMILES string of the molecule is C=CC1=C(C)c2cc3nc(c(CC(=O)O)c4[nH]c(cc5[nH]c(cc1n2)c(C)c5CC)c(C)c4C(=O)O)C(CCC(=O)O)[C@@H]3C. The van der Waals surface area contributed by atoms with Crippen LogP contribution < -0.4 is 0 Å². The fourth-order valence-corrected chi connectivity index (χ4v) is 6.53. The number of aliphatic carboxylic acids is 2. The van der Waals surface area contributed by atoms with Gasteiger partial charge in [-0.25, -0.2) is 9.78 Å². The monoisotopic (exact) mass is 596 g/mol. The highest BCUT2D eigenvalue weighted by Gasteiger charge is 2.33. The molecule has 2 atom stereocenters. The lowest BCUT2D eigenvalue weighted by Crippen LogP contribution is -2.11. The molecule has 5 heterocycles. The molecule has 5 N–H and O–H groups in total. The molecule has 1 unspecified atom stereocenters. The van der Waals surface area contributed by atoms with Crippen molar-refractivity contribution in [1.29, 1.82) is 0 Å². The van der Waals surface area contributed by atoms with Crippen LogP contribution in [-0.2, 0) is 22.4 Å². The summed E-state index contributed by atoms with van der Waals surface area (Å²) in [5.41, 5.74) is 9.27. The Morgan fingerprint density at radius 2 is 1.61 bits per heavy atom. The van der Waals surface area contributed by atoms with Gasteiger partial charge in [-0.1, -0.05) is 26.5 Å². The van der Waals surface area contributed by atoms with Crippen molar-refractivity contribution in [1.82, 2.24) is 19.9 Å². The molecule has 3 aromatic heterocycles. The number of fused-ring (bicyclic) bond motifs is 8. The largest absolute Gasteiger partial charge is 0.481 e. The lowest BCUT2D eigenvalue weighted by molar-refractivity contribution is -0.138. The maximum atomic E-state index is 12.7. The lowest BCUT2D eigenvalue weighted by Gasteiger charge is -2.17. The van der Waals surface area contributed by atoms with Gasteiger partial charge in [0.25, 0.3) is 0 Å². The molecule has 0 aliphatic carbocycles. The zero-order valence-electron chi connectivity index (χ0n) is 25.5. The highest BCUT2D eigenvalue weighted by molar-refractivity contribution is 6.02. The van der Waals surface area contributed by atoms with E-state index in [9.17, 15) is 29.7 Å². The van der Waals surface area contributed by atoms with Crippen molar-refractivity contribution in [3.05, 3.63) is 81.4 Å². The first-order valence-corrected chi connectivity index (χ1v) is 14.6. The van der Waals surface area contributed by atoms with E-state index >= 15 is 0 Å². The number of aromatic nitrogens is 4. The van der Waals surface area contributed by atoms with Crippen LogP contribution in [-0.4, -0.2) is 53.2 Å². The van der Waals surface area contributed by atoms with Gasteiger partial charge in [-0.3, -0.25) is 14.6 Å². The number of aryl methyl sites for hydroxylation is 3. The average Bonchev–Trinajstić information content (AvgIpc) is 3.63. The molecule has 8 bridgehead atoms. The lowest BCUT2D eigenvalue weighted by atomic mass is 9.85. The molecule has 0 fully saturated rings. The molecule has 10 nitrogen and oxygen atoms in total. The van der Waals surface area contributed by atoms with Gasteiger partial charge < -0.3 is 25.3 Å². The van der Waals surface area contributed by atoms with Crippen molar-refractivity contribution in [3.8, 4) is 0 Å². The van der Waals surface area contributed by atoms with Crippen LogP contribution >= 0.6 is 0 Å². The van der Waals surface area contributed by atoms with Crippen molar-refractivity contribution in [2.24, 2.45) is 0 Å². The molecule has 10 heteroatoms. The Hall–Kier alpha value is -4.99. The van der Waals surface area contributed by atoms with Crippen LogP contribution in [0, 0.1) is 13.8 Å². The Kier molecular flexibility index (Phi) is 8.03. The third-order valence-corrected chi connectivity index (χ3v) is 8.95. The molecule has 2 aliphatic rings. The number of carboxylic acids is 3. The number of nitrogens with one attached hydrogen (secondary N) is 2. The van der Waals surface area contributed by atoms with E-state index in [4.69, 9.17) is 9.97 Å². The number of H-pyrrole nitrogens is 2. The number of rotatable bonds is 8. The molecular formula is C34H36N4O6. The smallest absolute Gasteiger partial charge is 0.338 e. The molecule has 228 valence electrons. The second kappa shape index (κ2) is 11.6. The number of carbonyl (C=O) groups is 3. The zero-order valence-corrected chi connectivity index (χ0v) is 25.5. The van der Waals surface area contributed by atoms with Crippen molar-refractivity contribution >= 4 is 51.1 Å². The Balaban J connectivity index is 2.04. The number of hydrogen-bond acceptors (Lipinski definition) is 5.